The van der Waals surface area contributed by atoms with E-state index in [1.807, 2.05) is 6.07 Å². The Hall–Kier alpha value is -1.19. The minimum absolute atomic E-state index is 0.167. The third-order valence-corrected chi connectivity index (χ3v) is 3.80. The average Bonchev–Trinajstić information content (AvgIpc) is 2.76. The van der Waals surface area contributed by atoms with Crippen molar-refractivity contribution in [3.8, 4) is 11.1 Å². The number of hydrogen-bond donors (Lipinski definition) is 1. The summed E-state index contributed by atoms with van der Waals surface area (Å²) in [6.45, 7) is 5.91. The first-order valence-electron chi connectivity index (χ1n) is 6.26. The van der Waals surface area contributed by atoms with Gasteiger partial charge in [-0.25, -0.2) is 4.39 Å². The summed E-state index contributed by atoms with van der Waals surface area (Å²) in [5.74, 6) is -0.167. The van der Waals surface area contributed by atoms with Crippen molar-refractivity contribution in [2.75, 3.05) is 6.54 Å². The molecule has 0 fully saturated rings. The van der Waals surface area contributed by atoms with Gasteiger partial charge in [-0.2, -0.15) is 0 Å². The largest absolute Gasteiger partial charge is 0.313 e. The summed E-state index contributed by atoms with van der Waals surface area (Å²) in [5, 5.41) is 5.42. The van der Waals surface area contributed by atoms with E-state index in [1.54, 1.807) is 17.4 Å². The summed E-state index contributed by atoms with van der Waals surface area (Å²) in [5.41, 5.74) is 3.39. The third kappa shape index (κ3) is 2.98. The number of benzene rings is 1. The van der Waals surface area contributed by atoms with Crippen molar-refractivity contribution in [1.82, 2.24) is 5.32 Å². The zero-order valence-corrected chi connectivity index (χ0v) is 11.6. The zero-order valence-electron chi connectivity index (χ0n) is 10.8. The number of thiophene rings is 1. The van der Waals surface area contributed by atoms with Gasteiger partial charge in [0.15, 0.2) is 0 Å². The average molecular weight is 263 g/mol. The van der Waals surface area contributed by atoms with Crippen molar-refractivity contribution in [3.05, 3.63) is 45.9 Å². The molecule has 0 spiro atoms. The first-order valence-corrected chi connectivity index (χ1v) is 7.14. The minimum Gasteiger partial charge on any atom is -0.313 e. The molecule has 2 aromatic rings. The summed E-state index contributed by atoms with van der Waals surface area (Å²) >= 11 is 1.73. The van der Waals surface area contributed by atoms with Crippen LogP contribution in [0.4, 0.5) is 4.39 Å². The van der Waals surface area contributed by atoms with Crippen molar-refractivity contribution >= 4 is 11.3 Å². The highest BCUT2D eigenvalue weighted by Gasteiger charge is 2.09. The topological polar surface area (TPSA) is 12.0 Å². The predicted octanol–water partition coefficient (Wildman–Crippen LogP) is 4.36. The van der Waals surface area contributed by atoms with Gasteiger partial charge in [0.05, 0.1) is 0 Å². The van der Waals surface area contributed by atoms with Crippen LogP contribution in [0.3, 0.4) is 0 Å². The molecule has 2 rings (SSSR count). The molecule has 0 bridgehead atoms. The number of hydrogen-bond acceptors (Lipinski definition) is 2. The number of aryl methyl sites for hydroxylation is 1. The van der Waals surface area contributed by atoms with Crippen molar-refractivity contribution in [3.63, 3.8) is 0 Å². The Balaban J connectivity index is 2.32. The highest BCUT2D eigenvalue weighted by Crippen LogP contribution is 2.30. The van der Waals surface area contributed by atoms with E-state index in [-0.39, 0.29) is 5.82 Å². The highest BCUT2D eigenvalue weighted by atomic mass is 32.1. The van der Waals surface area contributed by atoms with Gasteiger partial charge in [-0.05, 0) is 60.2 Å². The fraction of sp³-hybridized carbons (Fsp3) is 0.333. The van der Waals surface area contributed by atoms with Gasteiger partial charge >= 0.3 is 0 Å². The molecule has 0 atom stereocenters. The Morgan fingerprint density at radius 3 is 2.72 bits per heavy atom. The molecule has 96 valence electrons. The maximum atomic E-state index is 13.4. The van der Waals surface area contributed by atoms with E-state index < -0.39 is 0 Å². The quantitative estimate of drug-likeness (QED) is 0.790. The van der Waals surface area contributed by atoms with Crippen LogP contribution < -0.4 is 5.32 Å². The van der Waals surface area contributed by atoms with E-state index in [0.717, 1.165) is 30.6 Å². The van der Waals surface area contributed by atoms with Crippen LogP contribution in [-0.4, -0.2) is 6.54 Å². The van der Waals surface area contributed by atoms with Crippen LogP contribution in [0.1, 0.15) is 23.8 Å². The fourth-order valence-corrected chi connectivity index (χ4v) is 2.75. The van der Waals surface area contributed by atoms with Gasteiger partial charge in [-0.15, -0.1) is 11.3 Å². The lowest BCUT2D eigenvalue weighted by molar-refractivity contribution is 0.619. The second-order valence-corrected chi connectivity index (χ2v) is 5.49. The molecule has 3 heteroatoms. The monoisotopic (exact) mass is 263 g/mol. The van der Waals surface area contributed by atoms with Crippen LogP contribution in [0.15, 0.2) is 29.6 Å². The maximum absolute atomic E-state index is 13.4. The maximum Gasteiger partial charge on any atom is 0.123 e. The third-order valence-electron chi connectivity index (χ3n) is 2.96. The lowest BCUT2D eigenvalue weighted by Crippen LogP contribution is -2.14. The van der Waals surface area contributed by atoms with E-state index in [0.29, 0.717) is 0 Å². The molecule has 0 aliphatic rings. The van der Waals surface area contributed by atoms with Crippen LogP contribution in [0.5, 0.6) is 0 Å². The van der Waals surface area contributed by atoms with E-state index in [4.69, 9.17) is 0 Å². The van der Waals surface area contributed by atoms with Gasteiger partial charge in [0.1, 0.15) is 5.82 Å². The molecule has 1 nitrogen and oxygen atoms in total. The predicted molar refractivity (Wildman–Crippen MR) is 76.4 cm³/mol. The first kappa shape index (κ1) is 13.2. The van der Waals surface area contributed by atoms with Gasteiger partial charge in [-0.1, -0.05) is 13.0 Å². The molecule has 1 aromatic carbocycles. The normalized spacial score (nSPS) is 10.8. The van der Waals surface area contributed by atoms with Gasteiger partial charge in [0.2, 0.25) is 0 Å². The standard InChI is InChI=1S/C15H18FNS/c1-3-7-17-10-12-9-13(16)4-5-15(12)14-6-8-18-11(14)2/h4-6,8-9,17H,3,7,10H2,1-2H3. The molecular formula is C15H18FNS. The number of halogens is 1. The molecule has 1 aromatic heterocycles. The van der Waals surface area contributed by atoms with Gasteiger partial charge < -0.3 is 5.32 Å². The van der Waals surface area contributed by atoms with Crippen molar-refractivity contribution < 1.29 is 4.39 Å². The van der Waals surface area contributed by atoms with E-state index in [2.05, 4.69) is 30.6 Å². The molecule has 0 saturated carbocycles. The Bertz CT molecular complexity index is 519. The molecule has 0 amide bonds. The molecule has 1 heterocycles. The number of rotatable bonds is 5. The molecule has 18 heavy (non-hydrogen) atoms. The van der Waals surface area contributed by atoms with Crippen LogP contribution >= 0.6 is 11.3 Å². The van der Waals surface area contributed by atoms with Crippen LogP contribution in [0, 0.1) is 12.7 Å². The van der Waals surface area contributed by atoms with Crippen molar-refractivity contribution in [1.29, 1.82) is 0 Å². The lowest BCUT2D eigenvalue weighted by Gasteiger charge is -2.10. The lowest BCUT2D eigenvalue weighted by atomic mass is 10.00. The number of nitrogens with one attached hydrogen (secondary N) is 1. The van der Waals surface area contributed by atoms with Gasteiger partial charge in [-0.3, -0.25) is 0 Å². The fourth-order valence-electron chi connectivity index (χ4n) is 2.04. The molecule has 0 aliphatic heterocycles. The van der Waals surface area contributed by atoms with Gasteiger partial charge in [0.25, 0.3) is 0 Å². The van der Waals surface area contributed by atoms with Crippen LogP contribution in [0.2, 0.25) is 0 Å². The molecule has 0 unspecified atom stereocenters. The summed E-state index contributed by atoms with van der Waals surface area (Å²) in [4.78, 5) is 1.28. The Kier molecular flexibility index (Phi) is 4.50. The Morgan fingerprint density at radius 1 is 1.22 bits per heavy atom. The first-order chi connectivity index (χ1) is 8.72. The smallest absolute Gasteiger partial charge is 0.123 e. The second-order valence-electron chi connectivity index (χ2n) is 4.37. The zero-order chi connectivity index (χ0) is 13.0. The summed E-state index contributed by atoms with van der Waals surface area (Å²) < 4.78 is 13.4. The van der Waals surface area contributed by atoms with E-state index in [9.17, 15) is 4.39 Å². The SMILES string of the molecule is CCCNCc1cc(F)ccc1-c1ccsc1C. The Labute approximate surface area is 112 Å². The van der Waals surface area contributed by atoms with E-state index >= 15 is 0 Å². The van der Waals surface area contributed by atoms with E-state index in [1.165, 1.54) is 16.5 Å². The molecule has 0 aliphatic carbocycles. The highest BCUT2D eigenvalue weighted by molar-refractivity contribution is 7.10. The molecule has 1 N–H and O–H groups in total. The van der Waals surface area contributed by atoms with Crippen LogP contribution in [0.25, 0.3) is 11.1 Å². The molecular weight excluding hydrogens is 245 g/mol. The summed E-state index contributed by atoms with van der Waals surface area (Å²) in [6, 6.07) is 7.16. The van der Waals surface area contributed by atoms with Gasteiger partial charge in [0, 0.05) is 11.4 Å². The second kappa shape index (κ2) is 6.12. The van der Waals surface area contributed by atoms with Crippen LogP contribution in [-0.2, 0) is 6.54 Å². The Morgan fingerprint density at radius 2 is 2.06 bits per heavy atom. The molecule has 0 saturated heterocycles. The summed E-state index contributed by atoms with van der Waals surface area (Å²) in [7, 11) is 0. The van der Waals surface area contributed by atoms with Crippen molar-refractivity contribution in [2.24, 2.45) is 0 Å². The minimum atomic E-state index is -0.167. The molecule has 0 radical (unpaired) electrons. The summed E-state index contributed by atoms with van der Waals surface area (Å²) in [6.07, 6.45) is 1.09. The van der Waals surface area contributed by atoms with Crippen molar-refractivity contribution in [2.45, 2.75) is 26.8 Å².